The van der Waals surface area contributed by atoms with Gasteiger partial charge in [0, 0.05) is 5.46 Å². The van der Waals surface area contributed by atoms with Gasteiger partial charge in [0.25, 0.3) is 0 Å². The van der Waals surface area contributed by atoms with E-state index in [4.69, 9.17) is 9.39 Å². The Morgan fingerprint density at radius 2 is 2.44 bits per heavy atom. The van der Waals surface area contributed by atoms with Crippen LogP contribution >= 0.6 is 0 Å². The number of carbonyl (C=O) groups excluding carboxylic acids is 1. The minimum atomic E-state index is -1.25. The average Bonchev–Trinajstić information content (AvgIpc) is 2.60. The van der Waals surface area contributed by atoms with E-state index in [0.717, 1.165) is 0 Å². The van der Waals surface area contributed by atoms with Crippen LogP contribution in [0.1, 0.15) is 12.5 Å². The van der Waals surface area contributed by atoms with Crippen molar-refractivity contribution in [2.45, 2.75) is 13.5 Å². The van der Waals surface area contributed by atoms with Crippen molar-refractivity contribution < 1.29 is 23.6 Å². The van der Waals surface area contributed by atoms with Gasteiger partial charge in [-0.2, -0.15) is 0 Å². The van der Waals surface area contributed by atoms with Gasteiger partial charge in [0.1, 0.15) is 6.61 Å². The fourth-order valence-corrected chi connectivity index (χ4v) is 1.55. The van der Waals surface area contributed by atoms with Gasteiger partial charge in [0.15, 0.2) is 17.3 Å². The van der Waals surface area contributed by atoms with Crippen LogP contribution in [0.3, 0.4) is 0 Å². The Kier molecular flexibility index (Phi) is 2.94. The van der Waals surface area contributed by atoms with Crippen molar-refractivity contribution in [3.8, 4) is 5.75 Å². The number of fused-ring (bicyclic) bond motifs is 1. The molecule has 16 heavy (non-hydrogen) atoms. The lowest BCUT2D eigenvalue weighted by Crippen LogP contribution is -2.31. The molecule has 84 valence electrons. The van der Waals surface area contributed by atoms with E-state index in [-0.39, 0.29) is 30.2 Å². The number of hydrogen-bond acceptors (Lipinski definition) is 4. The predicted molar refractivity (Wildman–Crippen MR) is 55.0 cm³/mol. The van der Waals surface area contributed by atoms with Gasteiger partial charge in [0.2, 0.25) is 0 Å². The molecule has 0 aliphatic carbocycles. The van der Waals surface area contributed by atoms with Crippen LogP contribution in [0.4, 0.5) is 4.39 Å². The van der Waals surface area contributed by atoms with Crippen molar-refractivity contribution in [2.24, 2.45) is 0 Å². The Labute approximate surface area is 92.1 Å². The van der Waals surface area contributed by atoms with Gasteiger partial charge in [-0.05, 0) is 18.6 Å². The molecule has 0 bridgehead atoms. The van der Waals surface area contributed by atoms with E-state index < -0.39 is 12.9 Å². The Hall–Kier alpha value is -1.40. The fourth-order valence-electron chi connectivity index (χ4n) is 1.55. The van der Waals surface area contributed by atoms with E-state index >= 15 is 0 Å². The van der Waals surface area contributed by atoms with E-state index in [2.05, 4.69) is 0 Å². The molecule has 1 heterocycles. The topological polar surface area (TPSA) is 55.8 Å². The second kappa shape index (κ2) is 4.23. The zero-order chi connectivity index (χ0) is 11.7. The summed E-state index contributed by atoms with van der Waals surface area (Å²) in [6.07, 6.45) is 0. The quantitative estimate of drug-likeness (QED) is 0.734. The van der Waals surface area contributed by atoms with Crippen LogP contribution in [0, 0.1) is 5.82 Å². The number of rotatable bonds is 3. The first-order valence-corrected chi connectivity index (χ1v) is 4.82. The highest BCUT2D eigenvalue weighted by atomic mass is 19.1. The third-order valence-corrected chi connectivity index (χ3v) is 2.31. The van der Waals surface area contributed by atoms with Crippen molar-refractivity contribution in [3.63, 3.8) is 0 Å². The molecule has 0 amide bonds. The maximum absolute atomic E-state index is 13.8. The van der Waals surface area contributed by atoms with Crippen LogP contribution < -0.4 is 10.2 Å². The zero-order valence-corrected chi connectivity index (χ0v) is 8.70. The number of ether oxygens (including phenoxy) is 1. The lowest BCUT2D eigenvalue weighted by Gasteiger charge is -2.08. The molecule has 1 aromatic carbocycles. The van der Waals surface area contributed by atoms with Crippen LogP contribution in [-0.4, -0.2) is 24.5 Å². The zero-order valence-electron chi connectivity index (χ0n) is 8.70. The molecule has 1 N–H and O–H groups in total. The number of benzene rings is 1. The summed E-state index contributed by atoms with van der Waals surface area (Å²) in [7, 11) is -1.25. The molecule has 6 heteroatoms. The van der Waals surface area contributed by atoms with Crippen molar-refractivity contribution in [1.29, 1.82) is 0 Å². The van der Waals surface area contributed by atoms with Crippen LogP contribution in [0.25, 0.3) is 0 Å². The Morgan fingerprint density at radius 3 is 3.12 bits per heavy atom. The first-order chi connectivity index (χ1) is 7.59. The molecule has 0 spiro atoms. The highest BCUT2D eigenvalue weighted by Crippen LogP contribution is 2.21. The maximum Gasteiger partial charge on any atom is 0.494 e. The first-order valence-electron chi connectivity index (χ1n) is 4.82. The summed E-state index contributed by atoms with van der Waals surface area (Å²) in [5.74, 6) is -0.904. The molecule has 4 nitrogen and oxygen atoms in total. The summed E-state index contributed by atoms with van der Waals surface area (Å²) < 4.78 is 23.7. The molecule has 0 aromatic heterocycles. The van der Waals surface area contributed by atoms with E-state index in [0.29, 0.717) is 5.56 Å². The Balaban J connectivity index is 2.28. The second-order valence-electron chi connectivity index (χ2n) is 3.60. The lowest BCUT2D eigenvalue weighted by molar-refractivity contribution is -0.118. The highest BCUT2D eigenvalue weighted by Gasteiger charge is 2.32. The molecule has 1 aliphatic heterocycles. The van der Waals surface area contributed by atoms with Crippen LogP contribution in [0.2, 0.25) is 0 Å². The van der Waals surface area contributed by atoms with Crippen LogP contribution in [0.5, 0.6) is 5.75 Å². The predicted octanol–water partition coefficient (Wildman–Crippen LogP) is 0.0112. The lowest BCUT2D eigenvalue weighted by atomic mass is 9.79. The minimum absolute atomic E-state index is 0.0431. The summed E-state index contributed by atoms with van der Waals surface area (Å²) in [5.41, 5.74) is 0.696. The van der Waals surface area contributed by atoms with Crippen molar-refractivity contribution in [3.05, 3.63) is 23.5 Å². The van der Waals surface area contributed by atoms with Gasteiger partial charge in [-0.15, -0.1) is 0 Å². The first kappa shape index (κ1) is 11.1. The monoisotopic (exact) mass is 224 g/mol. The van der Waals surface area contributed by atoms with E-state index in [9.17, 15) is 14.2 Å². The number of carbonyl (C=O) groups is 1. The number of halogens is 1. The van der Waals surface area contributed by atoms with Crippen LogP contribution in [-0.2, 0) is 16.1 Å². The van der Waals surface area contributed by atoms with Gasteiger partial charge in [-0.3, -0.25) is 4.79 Å². The largest absolute Gasteiger partial charge is 0.494 e. The average molecular weight is 224 g/mol. The third kappa shape index (κ3) is 1.94. The molecule has 1 aromatic rings. The van der Waals surface area contributed by atoms with Gasteiger partial charge in [-0.1, -0.05) is 6.07 Å². The summed E-state index contributed by atoms with van der Waals surface area (Å²) >= 11 is 0. The van der Waals surface area contributed by atoms with Gasteiger partial charge in [0.05, 0.1) is 6.61 Å². The van der Waals surface area contributed by atoms with Gasteiger partial charge in [-0.25, -0.2) is 4.39 Å². The van der Waals surface area contributed by atoms with E-state index in [1.165, 1.54) is 13.0 Å². The molecule has 0 radical (unpaired) electrons. The molecule has 1 aliphatic rings. The number of ketones is 1. The van der Waals surface area contributed by atoms with E-state index in [1.54, 1.807) is 6.07 Å². The smallest absolute Gasteiger partial charge is 0.483 e. The molecule has 0 saturated heterocycles. The standard InChI is InChI=1S/C10H10BFO4/c1-6(13)4-15-8-3-2-7-5-16-11(14)9(7)10(8)12/h2-3,14H,4-5H2,1H3. The van der Waals surface area contributed by atoms with E-state index in [1.807, 2.05) is 0 Å². The third-order valence-electron chi connectivity index (χ3n) is 2.31. The minimum Gasteiger partial charge on any atom is -0.483 e. The summed E-state index contributed by atoms with van der Waals surface area (Å²) in [4.78, 5) is 10.7. The normalized spacial score (nSPS) is 13.8. The Morgan fingerprint density at radius 1 is 1.69 bits per heavy atom. The molecule has 0 unspecified atom stereocenters. The number of Topliss-reactive ketones (excluding diaryl/α,β-unsaturated/α-hetero) is 1. The second-order valence-corrected chi connectivity index (χ2v) is 3.60. The molecule has 0 saturated carbocycles. The number of hydrogen-bond donors (Lipinski definition) is 1. The Bertz CT molecular complexity index is 435. The van der Waals surface area contributed by atoms with Gasteiger partial charge >= 0.3 is 7.12 Å². The summed E-state index contributed by atoms with van der Waals surface area (Å²) in [6.45, 7) is 1.34. The van der Waals surface area contributed by atoms with Crippen molar-refractivity contribution >= 4 is 18.4 Å². The molecule has 2 rings (SSSR count). The maximum atomic E-state index is 13.8. The summed E-state index contributed by atoms with van der Waals surface area (Å²) in [6, 6.07) is 3.04. The fraction of sp³-hybridized carbons (Fsp3) is 0.300. The molecule has 0 fully saturated rings. The van der Waals surface area contributed by atoms with Crippen LogP contribution in [0.15, 0.2) is 12.1 Å². The van der Waals surface area contributed by atoms with Crippen molar-refractivity contribution in [1.82, 2.24) is 0 Å². The SMILES string of the molecule is CC(=O)COc1ccc2c(c1F)B(O)OC2. The molecule has 0 atom stereocenters. The van der Waals surface area contributed by atoms with Gasteiger partial charge < -0.3 is 14.4 Å². The van der Waals surface area contributed by atoms with Crippen molar-refractivity contribution in [2.75, 3.05) is 6.61 Å². The highest BCUT2D eigenvalue weighted by molar-refractivity contribution is 6.61. The molecular formula is C10H10BFO4. The molecular weight excluding hydrogens is 214 g/mol. The summed E-state index contributed by atoms with van der Waals surface area (Å²) in [5, 5.41) is 9.38.